The molecule has 1 N–H and O–H groups in total. The number of rotatable bonds is 3. The fourth-order valence-electron chi connectivity index (χ4n) is 3.11. The smallest absolute Gasteiger partial charge is 0.0525 e. The second kappa shape index (κ2) is 5.58. The third-order valence-electron chi connectivity index (χ3n) is 4.42. The molecule has 0 saturated carbocycles. The molecule has 2 nitrogen and oxygen atoms in total. The Balaban J connectivity index is 1.98. The Morgan fingerprint density at radius 3 is 2.90 bits per heavy atom. The Morgan fingerprint density at radius 1 is 1.30 bits per heavy atom. The molecule has 2 unspecified atom stereocenters. The Labute approximate surface area is 125 Å². The van der Waals surface area contributed by atoms with Crippen LogP contribution < -0.4 is 10.2 Å². The molecule has 2 heterocycles. The SMILES string of the molecule is CNC(C)c1ccccc1N1CCc2sccc2C1C. The molecule has 0 aliphatic carbocycles. The van der Waals surface area contributed by atoms with E-state index in [1.807, 2.05) is 18.4 Å². The van der Waals surface area contributed by atoms with Gasteiger partial charge in [-0.25, -0.2) is 0 Å². The zero-order valence-corrected chi connectivity index (χ0v) is 13.2. The third kappa shape index (κ3) is 2.25. The summed E-state index contributed by atoms with van der Waals surface area (Å²) in [5.41, 5.74) is 4.27. The van der Waals surface area contributed by atoms with Gasteiger partial charge in [-0.1, -0.05) is 18.2 Å². The van der Waals surface area contributed by atoms with E-state index in [1.165, 1.54) is 23.2 Å². The molecule has 0 radical (unpaired) electrons. The summed E-state index contributed by atoms with van der Waals surface area (Å²) in [6, 6.07) is 11.9. The zero-order valence-electron chi connectivity index (χ0n) is 12.4. The number of fused-ring (bicyclic) bond motifs is 1. The minimum atomic E-state index is 0.377. The van der Waals surface area contributed by atoms with Gasteiger partial charge in [0, 0.05) is 23.2 Å². The number of thiophene rings is 1. The second-order valence-electron chi connectivity index (χ2n) is 5.49. The zero-order chi connectivity index (χ0) is 14.1. The van der Waals surface area contributed by atoms with E-state index < -0.39 is 0 Å². The highest BCUT2D eigenvalue weighted by atomic mass is 32.1. The van der Waals surface area contributed by atoms with Crippen LogP contribution in [-0.4, -0.2) is 13.6 Å². The summed E-state index contributed by atoms with van der Waals surface area (Å²) < 4.78 is 0. The van der Waals surface area contributed by atoms with Gasteiger partial charge in [0.05, 0.1) is 6.04 Å². The highest BCUT2D eigenvalue weighted by molar-refractivity contribution is 7.10. The van der Waals surface area contributed by atoms with Crippen LogP contribution in [0.15, 0.2) is 35.7 Å². The Bertz CT molecular complexity index is 590. The molecule has 0 saturated heterocycles. The molecule has 2 aromatic rings. The van der Waals surface area contributed by atoms with E-state index in [0.717, 1.165) is 6.54 Å². The van der Waals surface area contributed by atoms with E-state index in [0.29, 0.717) is 12.1 Å². The highest BCUT2D eigenvalue weighted by Crippen LogP contribution is 2.38. The lowest BCUT2D eigenvalue weighted by Gasteiger charge is -2.37. The molecule has 1 aliphatic heterocycles. The van der Waals surface area contributed by atoms with E-state index in [9.17, 15) is 0 Å². The topological polar surface area (TPSA) is 15.3 Å². The van der Waals surface area contributed by atoms with Gasteiger partial charge in [0.15, 0.2) is 0 Å². The maximum absolute atomic E-state index is 3.37. The minimum absolute atomic E-state index is 0.377. The first-order valence-electron chi connectivity index (χ1n) is 7.31. The highest BCUT2D eigenvalue weighted by Gasteiger charge is 2.26. The molecular formula is C17H22N2S. The minimum Gasteiger partial charge on any atom is -0.364 e. The molecule has 0 bridgehead atoms. The molecule has 0 fully saturated rings. The Morgan fingerprint density at radius 2 is 2.10 bits per heavy atom. The van der Waals surface area contributed by atoms with Crippen molar-refractivity contribution < 1.29 is 0 Å². The van der Waals surface area contributed by atoms with Crippen molar-refractivity contribution in [1.29, 1.82) is 0 Å². The molecule has 1 aliphatic rings. The summed E-state index contributed by atoms with van der Waals surface area (Å²) in [4.78, 5) is 4.12. The monoisotopic (exact) mass is 286 g/mol. The molecule has 0 spiro atoms. The predicted molar refractivity (Wildman–Crippen MR) is 87.7 cm³/mol. The molecule has 1 aromatic heterocycles. The largest absolute Gasteiger partial charge is 0.364 e. The number of nitrogens with zero attached hydrogens (tertiary/aromatic N) is 1. The molecule has 3 heteroatoms. The standard InChI is InChI=1S/C17H22N2S/c1-12(18-3)14-6-4-5-7-16(14)19-10-8-17-15(13(19)2)9-11-20-17/h4-7,9,11-13,18H,8,10H2,1-3H3. The molecule has 2 atom stereocenters. The third-order valence-corrected chi connectivity index (χ3v) is 5.42. The summed E-state index contributed by atoms with van der Waals surface area (Å²) >= 11 is 1.90. The molecular weight excluding hydrogens is 264 g/mol. The first-order valence-corrected chi connectivity index (χ1v) is 8.19. The fourth-order valence-corrected chi connectivity index (χ4v) is 4.07. The van der Waals surface area contributed by atoms with Crippen LogP contribution in [0.25, 0.3) is 0 Å². The van der Waals surface area contributed by atoms with E-state index in [1.54, 1.807) is 4.88 Å². The van der Waals surface area contributed by atoms with Gasteiger partial charge in [-0.3, -0.25) is 0 Å². The number of anilines is 1. The average Bonchev–Trinajstić information content (AvgIpc) is 2.96. The van der Waals surface area contributed by atoms with Gasteiger partial charge in [-0.15, -0.1) is 11.3 Å². The molecule has 20 heavy (non-hydrogen) atoms. The summed E-state index contributed by atoms with van der Waals surface area (Å²) in [6.45, 7) is 5.66. The molecule has 1 aromatic carbocycles. The predicted octanol–water partition coefficient (Wildman–Crippen LogP) is 4.15. The van der Waals surface area contributed by atoms with Gasteiger partial charge in [0.1, 0.15) is 0 Å². The number of hydrogen-bond donors (Lipinski definition) is 1. The van der Waals surface area contributed by atoms with Crippen molar-refractivity contribution in [3.8, 4) is 0 Å². The van der Waals surface area contributed by atoms with Gasteiger partial charge in [-0.05, 0) is 56.0 Å². The lowest BCUT2D eigenvalue weighted by molar-refractivity contribution is 0.609. The molecule has 0 amide bonds. The lowest BCUT2D eigenvalue weighted by Crippen LogP contribution is -2.34. The van der Waals surface area contributed by atoms with Crippen LogP contribution in [0.1, 0.15) is 41.9 Å². The van der Waals surface area contributed by atoms with Crippen molar-refractivity contribution in [3.05, 3.63) is 51.7 Å². The van der Waals surface area contributed by atoms with Crippen molar-refractivity contribution in [2.24, 2.45) is 0 Å². The van der Waals surface area contributed by atoms with Crippen LogP contribution in [-0.2, 0) is 6.42 Å². The van der Waals surface area contributed by atoms with Gasteiger partial charge < -0.3 is 10.2 Å². The first-order chi connectivity index (χ1) is 9.72. The van der Waals surface area contributed by atoms with E-state index >= 15 is 0 Å². The van der Waals surface area contributed by atoms with Crippen LogP contribution in [0.3, 0.4) is 0 Å². The summed E-state index contributed by atoms with van der Waals surface area (Å²) in [7, 11) is 2.03. The van der Waals surface area contributed by atoms with Crippen molar-refractivity contribution in [2.45, 2.75) is 32.4 Å². The molecule has 3 rings (SSSR count). The Hall–Kier alpha value is -1.32. The number of hydrogen-bond acceptors (Lipinski definition) is 3. The lowest BCUT2D eigenvalue weighted by atomic mass is 9.97. The summed E-state index contributed by atoms with van der Waals surface area (Å²) in [6.07, 6.45) is 1.17. The average molecular weight is 286 g/mol. The van der Waals surface area contributed by atoms with E-state index in [-0.39, 0.29) is 0 Å². The van der Waals surface area contributed by atoms with Gasteiger partial charge in [0.25, 0.3) is 0 Å². The second-order valence-corrected chi connectivity index (χ2v) is 6.49. The van der Waals surface area contributed by atoms with Gasteiger partial charge >= 0.3 is 0 Å². The summed E-state index contributed by atoms with van der Waals surface area (Å²) in [5, 5.41) is 5.59. The van der Waals surface area contributed by atoms with Crippen LogP contribution in [0, 0.1) is 0 Å². The van der Waals surface area contributed by atoms with Gasteiger partial charge in [0.2, 0.25) is 0 Å². The van der Waals surface area contributed by atoms with Crippen molar-refractivity contribution in [3.63, 3.8) is 0 Å². The maximum atomic E-state index is 3.37. The first kappa shape index (κ1) is 13.7. The van der Waals surface area contributed by atoms with Crippen LogP contribution >= 0.6 is 11.3 Å². The maximum Gasteiger partial charge on any atom is 0.0525 e. The summed E-state index contributed by atoms with van der Waals surface area (Å²) in [5.74, 6) is 0. The van der Waals surface area contributed by atoms with E-state index in [4.69, 9.17) is 0 Å². The number of benzene rings is 1. The van der Waals surface area contributed by atoms with Crippen molar-refractivity contribution in [1.82, 2.24) is 5.32 Å². The number of para-hydroxylation sites is 1. The van der Waals surface area contributed by atoms with Gasteiger partial charge in [-0.2, -0.15) is 0 Å². The van der Waals surface area contributed by atoms with Crippen LogP contribution in [0.2, 0.25) is 0 Å². The Kier molecular flexibility index (Phi) is 3.81. The fraction of sp³-hybridized carbons (Fsp3) is 0.412. The number of nitrogens with one attached hydrogen (secondary N) is 1. The normalized spacial score (nSPS) is 19.8. The van der Waals surface area contributed by atoms with Crippen molar-refractivity contribution in [2.75, 3.05) is 18.5 Å². The van der Waals surface area contributed by atoms with Crippen LogP contribution in [0.5, 0.6) is 0 Å². The quantitative estimate of drug-likeness (QED) is 0.911. The molecule has 106 valence electrons. The van der Waals surface area contributed by atoms with Crippen LogP contribution in [0.4, 0.5) is 5.69 Å². The van der Waals surface area contributed by atoms with Crippen molar-refractivity contribution >= 4 is 17.0 Å². The van der Waals surface area contributed by atoms with E-state index in [2.05, 4.69) is 59.8 Å².